The van der Waals surface area contributed by atoms with Crippen molar-refractivity contribution in [2.45, 2.75) is 0 Å². The molecule has 110 valence electrons. The van der Waals surface area contributed by atoms with Gasteiger partial charge in [-0.3, -0.25) is 25.0 Å². The van der Waals surface area contributed by atoms with Crippen molar-refractivity contribution in [3.8, 4) is 0 Å². The summed E-state index contributed by atoms with van der Waals surface area (Å²) in [5, 5.41) is 21.7. The molecule has 0 atom stereocenters. The molecule has 0 aliphatic rings. The van der Waals surface area contributed by atoms with Gasteiger partial charge in [-0.05, 0) is 17.7 Å². The molecule has 0 saturated carbocycles. The molecule has 2 aromatic rings. The molecule has 7 nitrogen and oxygen atoms in total. The molecule has 0 unspecified atom stereocenters. The van der Waals surface area contributed by atoms with Crippen molar-refractivity contribution in [1.82, 2.24) is 0 Å². The molecule has 22 heavy (non-hydrogen) atoms. The first kappa shape index (κ1) is 15.0. The Hall–Kier alpha value is -3.35. The smallest absolute Gasteiger partial charge is 0.283 e. The summed E-state index contributed by atoms with van der Waals surface area (Å²) in [6, 6.07) is 10.2. The average Bonchev–Trinajstić information content (AvgIpc) is 2.52. The van der Waals surface area contributed by atoms with Crippen LogP contribution in [0.15, 0.2) is 42.5 Å². The predicted octanol–water partition coefficient (Wildman–Crippen LogP) is 3.49. The van der Waals surface area contributed by atoms with E-state index in [0.717, 1.165) is 6.07 Å². The third-order valence-corrected chi connectivity index (χ3v) is 2.99. The van der Waals surface area contributed by atoms with E-state index in [1.54, 1.807) is 30.3 Å². The Labute approximate surface area is 124 Å². The minimum absolute atomic E-state index is 0.219. The molecule has 0 aliphatic heterocycles. The Balaban J connectivity index is 2.44. The summed E-state index contributed by atoms with van der Waals surface area (Å²) in [4.78, 5) is 31.2. The number of benzene rings is 2. The van der Waals surface area contributed by atoms with Crippen LogP contribution in [0.25, 0.3) is 12.2 Å². The summed E-state index contributed by atoms with van der Waals surface area (Å²) >= 11 is 0. The second-order valence-electron chi connectivity index (χ2n) is 4.34. The summed E-state index contributed by atoms with van der Waals surface area (Å²) in [7, 11) is 0. The van der Waals surface area contributed by atoms with Gasteiger partial charge in [-0.2, -0.15) is 0 Å². The van der Waals surface area contributed by atoms with E-state index in [1.165, 1.54) is 18.2 Å². The van der Waals surface area contributed by atoms with Gasteiger partial charge in [-0.15, -0.1) is 0 Å². The molecular weight excluding hydrogens is 288 g/mol. The molecule has 7 heteroatoms. The summed E-state index contributed by atoms with van der Waals surface area (Å²) in [6.45, 7) is 0. The Bertz CT molecular complexity index is 783. The highest BCUT2D eigenvalue weighted by Crippen LogP contribution is 2.26. The summed E-state index contributed by atoms with van der Waals surface area (Å²) in [5.41, 5.74) is 0.552. The average molecular weight is 298 g/mol. The van der Waals surface area contributed by atoms with Crippen molar-refractivity contribution in [2.75, 3.05) is 0 Å². The standard InChI is InChI=1S/C15H10N2O5/c18-10-13-4-2-1-3-11(13)5-6-12-7-8-14(16(19)20)9-15(12)17(21)22/h1-10H/b6-5+. The second kappa shape index (κ2) is 6.40. The minimum Gasteiger partial charge on any atom is -0.298 e. The predicted molar refractivity (Wildman–Crippen MR) is 80.5 cm³/mol. The molecule has 0 heterocycles. The van der Waals surface area contributed by atoms with Crippen LogP contribution in [0.2, 0.25) is 0 Å². The number of carbonyl (C=O) groups is 1. The maximum absolute atomic E-state index is 11.0. The largest absolute Gasteiger partial charge is 0.298 e. The van der Waals surface area contributed by atoms with Gasteiger partial charge >= 0.3 is 0 Å². The number of hydrogen-bond donors (Lipinski definition) is 0. The molecule has 0 amide bonds. The van der Waals surface area contributed by atoms with E-state index < -0.39 is 9.85 Å². The van der Waals surface area contributed by atoms with Gasteiger partial charge in [-0.25, -0.2) is 0 Å². The van der Waals surface area contributed by atoms with Gasteiger partial charge in [0.25, 0.3) is 11.4 Å². The van der Waals surface area contributed by atoms with Crippen LogP contribution >= 0.6 is 0 Å². The zero-order valence-corrected chi connectivity index (χ0v) is 11.2. The Morgan fingerprint density at radius 1 is 0.818 bits per heavy atom. The van der Waals surface area contributed by atoms with Gasteiger partial charge in [0, 0.05) is 11.6 Å². The zero-order chi connectivity index (χ0) is 16.1. The quantitative estimate of drug-likeness (QED) is 0.364. The lowest BCUT2D eigenvalue weighted by atomic mass is 10.1. The molecule has 0 spiro atoms. The number of hydrogen-bond acceptors (Lipinski definition) is 5. The van der Waals surface area contributed by atoms with Crippen molar-refractivity contribution in [2.24, 2.45) is 0 Å². The van der Waals surface area contributed by atoms with Crippen molar-refractivity contribution < 1.29 is 14.6 Å². The van der Waals surface area contributed by atoms with Crippen LogP contribution in [0, 0.1) is 20.2 Å². The highest BCUT2D eigenvalue weighted by molar-refractivity contribution is 5.85. The number of carbonyl (C=O) groups excluding carboxylic acids is 1. The van der Waals surface area contributed by atoms with E-state index in [-0.39, 0.29) is 16.9 Å². The second-order valence-corrected chi connectivity index (χ2v) is 4.34. The lowest BCUT2D eigenvalue weighted by Gasteiger charge is -2.00. The van der Waals surface area contributed by atoms with E-state index in [2.05, 4.69) is 0 Å². The Morgan fingerprint density at radius 3 is 2.05 bits per heavy atom. The maximum Gasteiger partial charge on any atom is 0.283 e. The number of non-ortho nitro benzene ring substituents is 1. The van der Waals surface area contributed by atoms with Crippen LogP contribution < -0.4 is 0 Å². The van der Waals surface area contributed by atoms with Gasteiger partial charge in [-0.1, -0.05) is 30.3 Å². The number of nitro groups is 2. The van der Waals surface area contributed by atoms with E-state index >= 15 is 0 Å². The molecule has 2 aromatic carbocycles. The lowest BCUT2D eigenvalue weighted by molar-refractivity contribution is -0.394. The van der Waals surface area contributed by atoms with Crippen molar-refractivity contribution in [1.29, 1.82) is 0 Å². The van der Waals surface area contributed by atoms with E-state index in [1.807, 2.05) is 0 Å². The summed E-state index contributed by atoms with van der Waals surface area (Å²) in [5.74, 6) is 0. The van der Waals surface area contributed by atoms with Crippen LogP contribution in [0.5, 0.6) is 0 Å². The van der Waals surface area contributed by atoms with Gasteiger partial charge in [0.05, 0.1) is 21.5 Å². The zero-order valence-electron chi connectivity index (χ0n) is 11.2. The number of nitrogens with zero attached hydrogens (tertiary/aromatic N) is 2. The molecular formula is C15H10N2O5. The summed E-state index contributed by atoms with van der Waals surface area (Å²) < 4.78 is 0. The van der Waals surface area contributed by atoms with Gasteiger partial charge in [0.1, 0.15) is 0 Å². The molecule has 0 fully saturated rings. The normalized spacial score (nSPS) is 10.5. The first-order valence-electron chi connectivity index (χ1n) is 6.18. The van der Waals surface area contributed by atoms with E-state index in [0.29, 0.717) is 17.4 Å². The van der Waals surface area contributed by atoms with Crippen LogP contribution in [-0.2, 0) is 0 Å². The van der Waals surface area contributed by atoms with Crippen LogP contribution in [0.3, 0.4) is 0 Å². The SMILES string of the molecule is O=Cc1ccccc1/C=C/c1ccc([N+](=O)[O-])cc1[N+](=O)[O-]. The molecule has 2 rings (SSSR count). The van der Waals surface area contributed by atoms with Crippen molar-refractivity contribution in [3.05, 3.63) is 79.4 Å². The van der Waals surface area contributed by atoms with Crippen LogP contribution in [0.1, 0.15) is 21.5 Å². The highest BCUT2D eigenvalue weighted by atomic mass is 16.6. The molecule has 0 aliphatic carbocycles. The van der Waals surface area contributed by atoms with Gasteiger partial charge in [0.2, 0.25) is 0 Å². The van der Waals surface area contributed by atoms with E-state index in [4.69, 9.17) is 0 Å². The molecule has 0 bridgehead atoms. The van der Waals surface area contributed by atoms with Crippen molar-refractivity contribution in [3.63, 3.8) is 0 Å². The van der Waals surface area contributed by atoms with Gasteiger partial charge < -0.3 is 0 Å². The lowest BCUT2D eigenvalue weighted by Crippen LogP contribution is -1.95. The monoisotopic (exact) mass is 298 g/mol. The number of nitro benzene ring substituents is 2. The van der Waals surface area contributed by atoms with E-state index in [9.17, 15) is 25.0 Å². The molecule has 0 radical (unpaired) electrons. The fraction of sp³-hybridized carbons (Fsp3) is 0. The third-order valence-electron chi connectivity index (χ3n) is 2.99. The molecule has 0 saturated heterocycles. The third kappa shape index (κ3) is 3.21. The summed E-state index contributed by atoms with van der Waals surface area (Å²) in [6.07, 6.45) is 3.69. The number of aldehydes is 1. The first-order valence-corrected chi connectivity index (χ1v) is 6.18. The van der Waals surface area contributed by atoms with Crippen molar-refractivity contribution >= 4 is 29.8 Å². The topological polar surface area (TPSA) is 103 Å². The number of rotatable bonds is 5. The Morgan fingerprint density at radius 2 is 1.45 bits per heavy atom. The minimum atomic E-state index is -0.692. The first-order chi connectivity index (χ1) is 10.5. The van der Waals surface area contributed by atoms with Gasteiger partial charge in [0.15, 0.2) is 6.29 Å². The fourth-order valence-electron chi connectivity index (χ4n) is 1.89. The fourth-order valence-corrected chi connectivity index (χ4v) is 1.89. The highest BCUT2D eigenvalue weighted by Gasteiger charge is 2.17. The maximum atomic E-state index is 11.0. The van der Waals surface area contributed by atoms with Crippen LogP contribution in [0.4, 0.5) is 11.4 Å². The Kier molecular flexibility index (Phi) is 4.38. The molecule has 0 N–H and O–H groups in total. The molecule has 0 aromatic heterocycles. The van der Waals surface area contributed by atoms with Crippen LogP contribution in [-0.4, -0.2) is 16.1 Å².